The first-order valence-electron chi connectivity index (χ1n) is 7.82. The van der Waals surface area contributed by atoms with Crippen molar-refractivity contribution in [2.75, 3.05) is 13.4 Å². The van der Waals surface area contributed by atoms with Crippen LogP contribution in [0.1, 0.15) is 49.4 Å². The fourth-order valence-corrected chi connectivity index (χ4v) is 3.20. The minimum absolute atomic E-state index is 0.00808. The van der Waals surface area contributed by atoms with Crippen molar-refractivity contribution in [1.82, 2.24) is 0 Å². The number of fused-ring (bicyclic) bond motifs is 1. The molecule has 1 fully saturated rings. The van der Waals surface area contributed by atoms with Crippen molar-refractivity contribution in [1.29, 1.82) is 0 Å². The molecule has 0 aromatic heterocycles. The monoisotopic (exact) mass is 290 g/mol. The van der Waals surface area contributed by atoms with Crippen LogP contribution in [0.25, 0.3) is 0 Å². The summed E-state index contributed by atoms with van der Waals surface area (Å²) in [6.07, 6.45) is 6.16. The molecule has 4 nitrogen and oxygen atoms in total. The third kappa shape index (κ3) is 3.21. The molecule has 1 aromatic carbocycles. The molecule has 0 radical (unpaired) electrons. The summed E-state index contributed by atoms with van der Waals surface area (Å²) in [6.45, 7) is 2.58. The number of benzene rings is 1. The Labute approximate surface area is 125 Å². The van der Waals surface area contributed by atoms with Crippen LogP contribution >= 0.6 is 0 Å². The molecule has 1 aliphatic heterocycles. The number of rotatable bonds is 5. The van der Waals surface area contributed by atoms with Crippen molar-refractivity contribution in [2.45, 2.75) is 45.1 Å². The highest BCUT2D eigenvalue weighted by Gasteiger charge is 2.25. The average molecular weight is 290 g/mol. The maximum absolute atomic E-state index is 12.3. The number of ketones is 1. The summed E-state index contributed by atoms with van der Waals surface area (Å²) in [5, 5.41) is 0. The summed E-state index contributed by atoms with van der Waals surface area (Å²) >= 11 is 0. The van der Waals surface area contributed by atoms with Gasteiger partial charge >= 0.3 is 0 Å². The fourth-order valence-electron chi connectivity index (χ4n) is 3.20. The van der Waals surface area contributed by atoms with Gasteiger partial charge in [-0.05, 0) is 37.0 Å². The van der Waals surface area contributed by atoms with Crippen LogP contribution in [-0.4, -0.2) is 25.3 Å². The van der Waals surface area contributed by atoms with E-state index in [1.165, 1.54) is 19.3 Å². The smallest absolute Gasteiger partial charge is 0.231 e. The third-order valence-electron chi connectivity index (χ3n) is 4.49. The number of carbonyl (C=O) groups excluding carboxylic acids is 1. The Morgan fingerprint density at radius 3 is 2.90 bits per heavy atom. The minimum atomic E-state index is 0.00808. The Balaban J connectivity index is 1.58. The third-order valence-corrected chi connectivity index (χ3v) is 4.49. The van der Waals surface area contributed by atoms with Gasteiger partial charge in [-0.2, -0.15) is 0 Å². The van der Waals surface area contributed by atoms with Gasteiger partial charge in [-0.15, -0.1) is 0 Å². The summed E-state index contributed by atoms with van der Waals surface area (Å²) in [7, 11) is 0. The molecule has 2 atom stereocenters. The van der Waals surface area contributed by atoms with Crippen molar-refractivity contribution in [3.8, 4) is 11.5 Å². The normalized spacial score (nSPS) is 24.0. The Kier molecular flexibility index (Phi) is 4.44. The highest BCUT2D eigenvalue weighted by Crippen LogP contribution is 2.33. The van der Waals surface area contributed by atoms with Crippen LogP contribution in [-0.2, 0) is 4.74 Å². The van der Waals surface area contributed by atoms with E-state index >= 15 is 0 Å². The molecular weight excluding hydrogens is 268 g/mol. The van der Waals surface area contributed by atoms with Crippen LogP contribution in [0.5, 0.6) is 11.5 Å². The summed E-state index contributed by atoms with van der Waals surface area (Å²) in [5.74, 6) is 1.95. The predicted molar refractivity (Wildman–Crippen MR) is 78.9 cm³/mol. The van der Waals surface area contributed by atoms with Crippen molar-refractivity contribution >= 4 is 5.78 Å². The van der Waals surface area contributed by atoms with E-state index in [9.17, 15) is 4.79 Å². The number of carbonyl (C=O) groups is 1. The van der Waals surface area contributed by atoms with Gasteiger partial charge in [0.05, 0.1) is 6.10 Å². The van der Waals surface area contributed by atoms with Gasteiger partial charge in [-0.3, -0.25) is 4.79 Å². The number of Topliss-reactive ketones (excluding diaryl/α,β-unsaturated/α-hetero) is 1. The zero-order valence-electron chi connectivity index (χ0n) is 12.5. The van der Waals surface area contributed by atoms with Crippen LogP contribution < -0.4 is 9.47 Å². The maximum atomic E-state index is 12.3. The van der Waals surface area contributed by atoms with Crippen LogP contribution in [0.4, 0.5) is 0 Å². The van der Waals surface area contributed by atoms with Gasteiger partial charge in [0.2, 0.25) is 6.79 Å². The fraction of sp³-hybridized carbons (Fsp3) is 0.588. The highest BCUT2D eigenvalue weighted by atomic mass is 16.7. The van der Waals surface area contributed by atoms with E-state index in [0.29, 0.717) is 23.0 Å². The number of hydrogen-bond donors (Lipinski definition) is 0. The van der Waals surface area contributed by atoms with E-state index in [1.54, 1.807) is 18.2 Å². The second-order valence-corrected chi connectivity index (χ2v) is 5.79. The van der Waals surface area contributed by atoms with Gasteiger partial charge in [0.25, 0.3) is 0 Å². The first-order valence-corrected chi connectivity index (χ1v) is 7.82. The molecule has 0 saturated heterocycles. The molecule has 2 unspecified atom stereocenters. The van der Waals surface area contributed by atoms with Crippen molar-refractivity contribution in [3.63, 3.8) is 0 Å². The van der Waals surface area contributed by atoms with Crippen molar-refractivity contribution < 1.29 is 19.0 Å². The molecule has 2 aliphatic rings. The van der Waals surface area contributed by atoms with Crippen molar-refractivity contribution in [3.05, 3.63) is 23.8 Å². The first-order chi connectivity index (χ1) is 10.3. The molecule has 0 bridgehead atoms. The minimum Gasteiger partial charge on any atom is -0.454 e. The molecule has 1 aromatic rings. The molecule has 3 rings (SSSR count). The lowest BCUT2D eigenvalue weighted by molar-refractivity contribution is -0.00570. The lowest BCUT2D eigenvalue weighted by Gasteiger charge is -2.30. The Morgan fingerprint density at radius 2 is 2.05 bits per heavy atom. The zero-order chi connectivity index (χ0) is 14.7. The molecule has 0 spiro atoms. The van der Waals surface area contributed by atoms with E-state index in [2.05, 4.69) is 6.92 Å². The zero-order valence-corrected chi connectivity index (χ0v) is 12.5. The van der Waals surface area contributed by atoms with Crippen LogP contribution in [0.15, 0.2) is 18.2 Å². The van der Waals surface area contributed by atoms with Gasteiger partial charge in [0, 0.05) is 5.56 Å². The molecule has 21 heavy (non-hydrogen) atoms. The van der Waals surface area contributed by atoms with Crippen molar-refractivity contribution in [2.24, 2.45) is 5.92 Å². The second-order valence-electron chi connectivity index (χ2n) is 5.79. The van der Waals surface area contributed by atoms with Crippen LogP contribution in [0, 0.1) is 5.92 Å². The Bertz CT molecular complexity index is 512. The Morgan fingerprint density at radius 1 is 1.24 bits per heavy atom. The van der Waals surface area contributed by atoms with E-state index in [1.807, 2.05) is 0 Å². The largest absolute Gasteiger partial charge is 0.454 e. The van der Waals surface area contributed by atoms with Crippen LogP contribution in [0.2, 0.25) is 0 Å². The molecule has 0 amide bonds. The maximum Gasteiger partial charge on any atom is 0.231 e. The Hall–Kier alpha value is -1.55. The summed E-state index contributed by atoms with van der Waals surface area (Å²) in [4.78, 5) is 12.3. The van der Waals surface area contributed by atoms with E-state index < -0.39 is 0 Å². The molecule has 1 saturated carbocycles. The average Bonchev–Trinajstić information content (AvgIpc) is 3.00. The first kappa shape index (κ1) is 14.4. The molecule has 114 valence electrons. The summed E-state index contributed by atoms with van der Waals surface area (Å²) < 4.78 is 16.5. The molecule has 4 heteroatoms. The molecule has 1 heterocycles. The molecular formula is C17H22O4. The number of hydrogen-bond acceptors (Lipinski definition) is 4. The molecule has 0 N–H and O–H groups in total. The standard InChI is InChI=1S/C17H22O4/c1-2-12-5-3-4-6-15(12)19-10-14(18)13-7-8-16-17(9-13)21-11-20-16/h7-9,12,15H,2-6,10-11H2,1H3. The second kappa shape index (κ2) is 6.48. The predicted octanol–water partition coefficient (Wildman–Crippen LogP) is 3.58. The summed E-state index contributed by atoms with van der Waals surface area (Å²) in [5.41, 5.74) is 0.628. The van der Waals surface area contributed by atoms with E-state index in [-0.39, 0.29) is 25.3 Å². The van der Waals surface area contributed by atoms with E-state index in [4.69, 9.17) is 14.2 Å². The number of ether oxygens (including phenoxy) is 3. The van der Waals surface area contributed by atoms with Gasteiger partial charge in [-0.1, -0.05) is 26.2 Å². The van der Waals surface area contributed by atoms with Gasteiger partial charge in [-0.25, -0.2) is 0 Å². The van der Waals surface area contributed by atoms with Gasteiger partial charge < -0.3 is 14.2 Å². The van der Waals surface area contributed by atoms with Crippen LogP contribution in [0.3, 0.4) is 0 Å². The topological polar surface area (TPSA) is 44.8 Å². The van der Waals surface area contributed by atoms with Gasteiger partial charge in [0.15, 0.2) is 17.3 Å². The SMILES string of the molecule is CCC1CCCCC1OCC(=O)c1ccc2c(c1)OCO2. The quantitative estimate of drug-likeness (QED) is 0.777. The lowest BCUT2D eigenvalue weighted by Crippen LogP contribution is -2.29. The highest BCUT2D eigenvalue weighted by molar-refractivity contribution is 5.97. The van der Waals surface area contributed by atoms with Gasteiger partial charge in [0.1, 0.15) is 6.61 Å². The molecule has 1 aliphatic carbocycles. The lowest BCUT2D eigenvalue weighted by atomic mass is 9.85. The summed E-state index contributed by atoms with van der Waals surface area (Å²) in [6, 6.07) is 5.30. The van der Waals surface area contributed by atoms with E-state index in [0.717, 1.165) is 12.8 Å².